The maximum absolute atomic E-state index is 13.8. The van der Waals surface area contributed by atoms with Gasteiger partial charge in [0.05, 0.1) is 10.9 Å². The monoisotopic (exact) mass is 597 g/mol. The van der Waals surface area contributed by atoms with E-state index in [1.54, 1.807) is 23.1 Å². The van der Waals surface area contributed by atoms with Gasteiger partial charge in [-0.3, -0.25) is 9.59 Å². The number of aromatic nitrogens is 4. The van der Waals surface area contributed by atoms with Gasteiger partial charge >= 0.3 is 0 Å². The second-order valence-corrected chi connectivity index (χ2v) is 11.1. The third-order valence-corrected chi connectivity index (χ3v) is 8.21. The molecule has 0 spiro atoms. The first kappa shape index (κ1) is 22.4. The molecular formula is C24H21Br2N7O2. The number of anilines is 2. The van der Waals surface area contributed by atoms with Crippen molar-refractivity contribution in [3.8, 4) is 0 Å². The van der Waals surface area contributed by atoms with Crippen LogP contribution in [0.3, 0.4) is 0 Å². The highest BCUT2D eigenvalue weighted by molar-refractivity contribution is 9.10. The van der Waals surface area contributed by atoms with E-state index in [9.17, 15) is 9.59 Å². The number of likely N-dealkylation sites (tertiary alicyclic amines) is 1. The van der Waals surface area contributed by atoms with Gasteiger partial charge in [0, 0.05) is 15.9 Å². The number of piperidine rings is 1. The lowest BCUT2D eigenvalue weighted by Crippen LogP contribution is -2.46. The molecule has 2 aliphatic rings. The van der Waals surface area contributed by atoms with Gasteiger partial charge in [-0.2, -0.15) is 0 Å². The Hall–Kier alpha value is -3.05. The van der Waals surface area contributed by atoms with Gasteiger partial charge < -0.3 is 20.5 Å². The molecular weight excluding hydrogens is 578 g/mol. The number of amides is 2. The van der Waals surface area contributed by atoms with Crippen LogP contribution in [0.25, 0.3) is 21.9 Å². The van der Waals surface area contributed by atoms with Crippen molar-refractivity contribution in [2.45, 2.75) is 38.4 Å². The number of rotatable bonds is 4. The van der Waals surface area contributed by atoms with Gasteiger partial charge in [0.25, 0.3) is 0 Å². The number of carbonyl (C=O) groups is 2. The minimum atomic E-state index is -0.566. The van der Waals surface area contributed by atoms with Gasteiger partial charge in [-0.25, -0.2) is 15.0 Å². The lowest BCUT2D eigenvalue weighted by atomic mass is 10.0. The fraction of sp³-hybridized carbons (Fsp3) is 0.292. The molecule has 1 saturated heterocycles. The van der Waals surface area contributed by atoms with E-state index < -0.39 is 6.04 Å². The smallest absolute Gasteiger partial charge is 0.248 e. The predicted octanol–water partition coefficient (Wildman–Crippen LogP) is 4.10. The van der Waals surface area contributed by atoms with E-state index in [0.717, 1.165) is 21.8 Å². The summed E-state index contributed by atoms with van der Waals surface area (Å²) in [4.78, 5) is 41.7. The fourth-order valence-corrected chi connectivity index (χ4v) is 6.29. The van der Waals surface area contributed by atoms with E-state index in [0.29, 0.717) is 33.7 Å². The van der Waals surface area contributed by atoms with E-state index in [4.69, 9.17) is 5.73 Å². The van der Waals surface area contributed by atoms with Crippen LogP contribution < -0.4 is 11.1 Å². The van der Waals surface area contributed by atoms with Crippen LogP contribution in [0.2, 0.25) is 0 Å². The molecule has 2 fully saturated rings. The second-order valence-electron chi connectivity index (χ2n) is 9.41. The van der Waals surface area contributed by atoms with Gasteiger partial charge in [-0.1, -0.05) is 25.1 Å². The van der Waals surface area contributed by atoms with Gasteiger partial charge in [0.2, 0.25) is 11.8 Å². The number of nitrogen functional groups attached to an aromatic ring is 1. The molecule has 1 saturated carbocycles. The number of nitrogens with zero attached hydrogens (tertiary/aromatic N) is 5. The Morgan fingerprint density at radius 2 is 1.97 bits per heavy atom. The largest absolute Gasteiger partial charge is 0.383 e. The zero-order valence-corrected chi connectivity index (χ0v) is 21.9. The molecule has 2 amide bonds. The zero-order valence-electron chi connectivity index (χ0n) is 18.7. The summed E-state index contributed by atoms with van der Waals surface area (Å²) in [5.41, 5.74) is 7.56. The molecule has 178 valence electrons. The molecule has 1 aliphatic carbocycles. The number of carbonyl (C=O) groups excluding carboxylic acids is 2. The highest BCUT2D eigenvalue weighted by atomic mass is 79.9. The molecule has 3 atom stereocenters. The molecule has 0 unspecified atom stereocenters. The summed E-state index contributed by atoms with van der Waals surface area (Å²) in [6.45, 7) is 2.16. The topological polar surface area (TPSA) is 119 Å². The number of nitrogens with one attached hydrogen (secondary N) is 1. The fourth-order valence-electron chi connectivity index (χ4n) is 5.37. The average molecular weight is 599 g/mol. The van der Waals surface area contributed by atoms with E-state index in [1.165, 1.54) is 6.33 Å². The molecule has 1 aromatic carbocycles. The number of benzene rings is 1. The van der Waals surface area contributed by atoms with Crippen molar-refractivity contribution >= 4 is 77.2 Å². The molecule has 35 heavy (non-hydrogen) atoms. The zero-order chi connectivity index (χ0) is 24.5. The maximum atomic E-state index is 13.8. The number of para-hydroxylation sites is 1. The maximum Gasteiger partial charge on any atom is 0.248 e. The minimum Gasteiger partial charge on any atom is -0.383 e. The quantitative estimate of drug-likeness (QED) is 0.341. The first-order chi connectivity index (χ1) is 16.8. The Labute approximate surface area is 217 Å². The third-order valence-electron chi connectivity index (χ3n) is 7.12. The summed E-state index contributed by atoms with van der Waals surface area (Å²) in [5, 5.41) is 4.46. The van der Waals surface area contributed by atoms with Gasteiger partial charge in [0.1, 0.15) is 40.8 Å². The third kappa shape index (κ3) is 3.59. The summed E-state index contributed by atoms with van der Waals surface area (Å²) < 4.78 is 3.31. The molecule has 0 bridgehead atoms. The van der Waals surface area contributed by atoms with Gasteiger partial charge in [-0.05, 0) is 68.3 Å². The number of pyridine rings is 1. The summed E-state index contributed by atoms with van der Waals surface area (Å²) >= 11 is 6.95. The summed E-state index contributed by atoms with van der Waals surface area (Å²) in [5.74, 6) is 0.442. The Kier molecular flexibility index (Phi) is 5.12. The summed E-state index contributed by atoms with van der Waals surface area (Å²) in [7, 11) is 0. The minimum absolute atomic E-state index is 0.0323. The number of nitrogens with two attached hydrogens (primary N) is 1. The molecule has 3 N–H and O–H groups in total. The Bertz CT molecular complexity index is 1540. The first-order valence-electron chi connectivity index (χ1n) is 11.2. The van der Waals surface area contributed by atoms with Crippen LogP contribution in [0.5, 0.6) is 0 Å². The van der Waals surface area contributed by atoms with Crippen molar-refractivity contribution in [2.75, 3.05) is 11.1 Å². The molecule has 3 aromatic heterocycles. The van der Waals surface area contributed by atoms with Gasteiger partial charge in [0.15, 0.2) is 0 Å². The number of hydrogen-bond acceptors (Lipinski definition) is 6. The van der Waals surface area contributed by atoms with Gasteiger partial charge in [-0.15, -0.1) is 0 Å². The van der Waals surface area contributed by atoms with Crippen LogP contribution in [0.4, 0.5) is 11.6 Å². The van der Waals surface area contributed by atoms with Crippen LogP contribution in [0, 0.1) is 5.41 Å². The highest BCUT2D eigenvalue weighted by Gasteiger charge is 2.64. The van der Waals surface area contributed by atoms with Crippen molar-refractivity contribution in [3.05, 3.63) is 51.8 Å². The molecule has 11 heteroatoms. The van der Waals surface area contributed by atoms with Crippen LogP contribution in [-0.2, 0) is 16.1 Å². The summed E-state index contributed by atoms with van der Waals surface area (Å²) in [6.07, 6.45) is 2.92. The van der Waals surface area contributed by atoms with Crippen molar-refractivity contribution in [2.24, 2.45) is 5.41 Å². The van der Waals surface area contributed by atoms with Crippen LogP contribution in [-0.4, -0.2) is 48.3 Å². The lowest BCUT2D eigenvalue weighted by Gasteiger charge is -2.27. The van der Waals surface area contributed by atoms with E-state index in [1.807, 2.05) is 22.8 Å². The second kappa shape index (κ2) is 7.99. The van der Waals surface area contributed by atoms with E-state index >= 15 is 0 Å². The Balaban J connectivity index is 1.35. The molecule has 0 radical (unpaired) electrons. The summed E-state index contributed by atoms with van der Waals surface area (Å²) in [6, 6.07) is 10.6. The van der Waals surface area contributed by atoms with Crippen LogP contribution in [0.15, 0.2) is 51.8 Å². The SMILES string of the molecule is C[C@@]12C[C@@H](C(=O)Nc3cccc(Br)n3)N(C(=O)Cn3c4ncnc(N)c4c4cccc(Br)c43)[C@@H]1C2. The Morgan fingerprint density at radius 1 is 1.17 bits per heavy atom. The number of halogens is 2. The predicted molar refractivity (Wildman–Crippen MR) is 139 cm³/mol. The molecule has 6 rings (SSSR count). The molecule has 4 aromatic rings. The highest BCUT2D eigenvalue weighted by Crippen LogP contribution is 2.59. The van der Waals surface area contributed by atoms with Crippen LogP contribution in [0.1, 0.15) is 19.8 Å². The average Bonchev–Trinajstić information content (AvgIpc) is 3.20. The molecule has 9 nitrogen and oxygen atoms in total. The van der Waals surface area contributed by atoms with Crippen molar-refractivity contribution in [3.63, 3.8) is 0 Å². The van der Waals surface area contributed by atoms with E-state index in [-0.39, 0.29) is 29.8 Å². The van der Waals surface area contributed by atoms with Crippen LogP contribution >= 0.6 is 31.9 Å². The lowest BCUT2D eigenvalue weighted by molar-refractivity contribution is -0.138. The normalized spacial score (nSPS) is 23.0. The van der Waals surface area contributed by atoms with Crippen molar-refractivity contribution in [1.82, 2.24) is 24.4 Å². The van der Waals surface area contributed by atoms with E-state index in [2.05, 4.69) is 59.1 Å². The standard InChI is InChI=1S/C24H21Br2N7O2/c1-24-8-14(23(35)31-17-7-3-6-16(26)30-17)33(15(24)9-24)18(34)10-32-20-12(4-2-5-13(20)25)19-21(27)28-11-29-22(19)32/h2-7,11,14-15H,8-10H2,1H3,(H2,27,28,29)(H,30,31,35)/t14-,15+,24-/m0/s1. The number of fused-ring (bicyclic) bond motifs is 4. The van der Waals surface area contributed by atoms with Crippen molar-refractivity contribution < 1.29 is 9.59 Å². The number of hydrogen-bond donors (Lipinski definition) is 2. The first-order valence-corrected chi connectivity index (χ1v) is 12.8. The Morgan fingerprint density at radius 3 is 2.77 bits per heavy atom. The molecule has 4 heterocycles. The van der Waals surface area contributed by atoms with Crippen molar-refractivity contribution in [1.29, 1.82) is 0 Å². The molecule has 1 aliphatic heterocycles.